The summed E-state index contributed by atoms with van der Waals surface area (Å²) in [6, 6.07) is 0. The minimum absolute atomic E-state index is 0.139. The van der Waals surface area contributed by atoms with E-state index in [1.807, 2.05) is 0 Å². The van der Waals surface area contributed by atoms with E-state index in [1.54, 1.807) is 6.92 Å². The molecule has 0 unspecified atom stereocenters. The maximum Gasteiger partial charge on any atom is 0.329 e. The summed E-state index contributed by atoms with van der Waals surface area (Å²) in [5.74, 6) is 0. The standard InChI is InChI=1S/C11H17ClN2O2/c1-3-4-5-6-7-14-10(15)8(2)9(12)13-11(14)16/h3-7H2,1-2H3,(H,13,16). The molecule has 1 aromatic heterocycles. The Morgan fingerprint density at radius 3 is 2.56 bits per heavy atom. The Morgan fingerprint density at radius 2 is 1.94 bits per heavy atom. The topological polar surface area (TPSA) is 54.9 Å². The molecule has 0 amide bonds. The lowest BCUT2D eigenvalue weighted by Gasteiger charge is -2.06. The SMILES string of the molecule is CCCCCCn1c(=O)[nH]c(Cl)c(C)c1=O. The predicted molar refractivity (Wildman–Crippen MR) is 65.2 cm³/mol. The lowest BCUT2D eigenvalue weighted by molar-refractivity contribution is 0.548. The monoisotopic (exact) mass is 244 g/mol. The van der Waals surface area contributed by atoms with Crippen molar-refractivity contribution in [3.05, 3.63) is 31.6 Å². The van der Waals surface area contributed by atoms with Gasteiger partial charge in [-0.3, -0.25) is 14.3 Å². The van der Waals surface area contributed by atoms with Crippen LogP contribution in [0.2, 0.25) is 5.15 Å². The van der Waals surface area contributed by atoms with Crippen LogP contribution in [0.3, 0.4) is 0 Å². The van der Waals surface area contributed by atoms with E-state index in [0.717, 1.165) is 25.7 Å². The zero-order chi connectivity index (χ0) is 12.1. The molecular weight excluding hydrogens is 228 g/mol. The first-order chi connectivity index (χ1) is 7.57. The Bertz CT molecular complexity index is 462. The van der Waals surface area contributed by atoms with E-state index >= 15 is 0 Å². The third kappa shape index (κ3) is 2.98. The van der Waals surface area contributed by atoms with Gasteiger partial charge in [0.1, 0.15) is 5.15 Å². The Morgan fingerprint density at radius 1 is 1.25 bits per heavy atom. The number of hydrogen-bond acceptors (Lipinski definition) is 2. The number of hydrogen-bond donors (Lipinski definition) is 1. The van der Waals surface area contributed by atoms with E-state index < -0.39 is 5.69 Å². The molecule has 0 aliphatic carbocycles. The molecule has 1 rings (SSSR count). The molecule has 1 aromatic rings. The molecule has 0 saturated heterocycles. The predicted octanol–water partition coefficient (Wildman–Crippen LogP) is 2.08. The Balaban J connectivity index is 2.85. The number of aromatic amines is 1. The molecule has 0 saturated carbocycles. The van der Waals surface area contributed by atoms with E-state index in [1.165, 1.54) is 4.57 Å². The molecule has 0 aliphatic rings. The maximum atomic E-state index is 11.7. The van der Waals surface area contributed by atoms with Crippen LogP contribution in [0.4, 0.5) is 0 Å². The van der Waals surface area contributed by atoms with Crippen molar-refractivity contribution in [2.75, 3.05) is 0 Å². The molecule has 0 fully saturated rings. The van der Waals surface area contributed by atoms with Gasteiger partial charge in [-0.05, 0) is 13.3 Å². The summed E-state index contributed by atoms with van der Waals surface area (Å²) >= 11 is 5.71. The molecular formula is C11H17ClN2O2. The number of aromatic nitrogens is 2. The molecule has 1 heterocycles. The van der Waals surface area contributed by atoms with Gasteiger partial charge in [0.05, 0.1) is 0 Å². The highest BCUT2D eigenvalue weighted by atomic mass is 35.5. The van der Waals surface area contributed by atoms with Gasteiger partial charge in [0.15, 0.2) is 0 Å². The summed E-state index contributed by atoms with van der Waals surface area (Å²) in [6.07, 6.45) is 4.13. The largest absolute Gasteiger partial charge is 0.329 e. The van der Waals surface area contributed by atoms with Crippen LogP contribution in [-0.4, -0.2) is 9.55 Å². The fraction of sp³-hybridized carbons (Fsp3) is 0.636. The van der Waals surface area contributed by atoms with Crippen LogP contribution in [0.15, 0.2) is 9.59 Å². The Hall–Kier alpha value is -1.03. The van der Waals surface area contributed by atoms with Gasteiger partial charge < -0.3 is 0 Å². The van der Waals surface area contributed by atoms with Crippen LogP contribution in [0.25, 0.3) is 0 Å². The van der Waals surface area contributed by atoms with Crippen LogP contribution in [0, 0.1) is 6.92 Å². The Kier molecular flexibility index (Phi) is 4.80. The van der Waals surface area contributed by atoms with Crippen LogP contribution in [-0.2, 0) is 6.54 Å². The highest BCUT2D eigenvalue weighted by molar-refractivity contribution is 6.30. The van der Waals surface area contributed by atoms with Crippen molar-refractivity contribution in [3.8, 4) is 0 Å². The second kappa shape index (κ2) is 5.89. The Labute approximate surface area is 99.3 Å². The molecule has 0 aliphatic heterocycles. The van der Waals surface area contributed by atoms with Gasteiger partial charge in [-0.1, -0.05) is 37.8 Å². The van der Waals surface area contributed by atoms with Crippen LogP contribution < -0.4 is 11.2 Å². The number of nitrogens with zero attached hydrogens (tertiary/aromatic N) is 1. The van der Waals surface area contributed by atoms with Gasteiger partial charge in [0.2, 0.25) is 0 Å². The zero-order valence-electron chi connectivity index (χ0n) is 9.68. The average molecular weight is 245 g/mol. The van der Waals surface area contributed by atoms with Crippen LogP contribution in [0.5, 0.6) is 0 Å². The van der Waals surface area contributed by atoms with Gasteiger partial charge in [-0.2, -0.15) is 0 Å². The van der Waals surface area contributed by atoms with Gasteiger partial charge in [-0.15, -0.1) is 0 Å². The molecule has 16 heavy (non-hydrogen) atoms. The average Bonchev–Trinajstić information content (AvgIpc) is 2.25. The molecule has 4 nitrogen and oxygen atoms in total. The van der Waals surface area contributed by atoms with Gasteiger partial charge in [0.25, 0.3) is 5.56 Å². The fourth-order valence-electron chi connectivity index (χ4n) is 1.54. The summed E-state index contributed by atoms with van der Waals surface area (Å²) in [4.78, 5) is 25.7. The summed E-state index contributed by atoms with van der Waals surface area (Å²) in [6.45, 7) is 4.20. The summed E-state index contributed by atoms with van der Waals surface area (Å²) in [5, 5.41) is 0.139. The minimum Gasteiger partial charge on any atom is -0.297 e. The van der Waals surface area contributed by atoms with E-state index in [-0.39, 0.29) is 10.7 Å². The first-order valence-corrected chi connectivity index (χ1v) is 5.95. The molecule has 0 atom stereocenters. The molecule has 0 radical (unpaired) electrons. The van der Waals surface area contributed by atoms with Crippen molar-refractivity contribution >= 4 is 11.6 Å². The van der Waals surface area contributed by atoms with Gasteiger partial charge in [0, 0.05) is 12.1 Å². The molecule has 0 bridgehead atoms. The number of nitrogens with one attached hydrogen (secondary N) is 1. The summed E-state index contributed by atoms with van der Waals surface area (Å²) < 4.78 is 1.22. The molecule has 1 N–H and O–H groups in total. The quantitative estimate of drug-likeness (QED) is 0.637. The van der Waals surface area contributed by atoms with Crippen molar-refractivity contribution < 1.29 is 0 Å². The number of H-pyrrole nitrogens is 1. The maximum absolute atomic E-state index is 11.7. The van der Waals surface area contributed by atoms with Gasteiger partial charge >= 0.3 is 5.69 Å². The summed E-state index contributed by atoms with van der Waals surface area (Å²) in [7, 11) is 0. The first kappa shape index (κ1) is 13.0. The highest BCUT2D eigenvalue weighted by Gasteiger charge is 2.07. The normalized spacial score (nSPS) is 10.7. The highest BCUT2D eigenvalue weighted by Crippen LogP contribution is 2.04. The molecule has 5 heteroatoms. The van der Waals surface area contributed by atoms with E-state index in [4.69, 9.17) is 11.6 Å². The van der Waals surface area contributed by atoms with Crippen molar-refractivity contribution in [3.63, 3.8) is 0 Å². The lowest BCUT2D eigenvalue weighted by Crippen LogP contribution is -2.36. The number of unbranched alkanes of at least 4 members (excludes halogenated alkanes) is 3. The van der Waals surface area contributed by atoms with Gasteiger partial charge in [-0.25, -0.2) is 4.79 Å². The molecule has 90 valence electrons. The van der Waals surface area contributed by atoms with Crippen molar-refractivity contribution in [2.45, 2.75) is 46.1 Å². The third-order valence-corrected chi connectivity index (χ3v) is 2.97. The van der Waals surface area contributed by atoms with Crippen molar-refractivity contribution in [2.24, 2.45) is 0 Å². The van der Waals surface area contributed by atoms with Crippen molar-refractivity contribution in [1.29, 1.82) is 0 Å². The van der Waals surface area contributed by atoms with E-state index in [2.05, 4.69) is 11.9 Å². The van der Waals surface area contributed by atoms with Crippen molar-refractivity contribution in [1.82, 2.24) is 9.55 Å². The summed E-state index contributed by atoms with van der Waals surface area (Å²) in [5.41, 5.74) is -0.306. The minimum atomic E-state index is -0.419. The zero-order valence-corrected chi connectivity index (χ0v) is 10.4. The van der Waals surface area contributed by atoms with E-state index in [0.29, 0.717) is 12.1 Å². The first-order valence-electron chi connectivity index (χ1n) is 5.57. The third-order valence-electron chi connectivity index (χ3n) is 2.59. The fourth-order valence-corrected chi connectivity index (χ4v) is 1.71. The number of rotatable bonds is 5. The molecule has 0 aromatic carbocycles. The lowest BCUT2D eigenvalue weighted by atomic mass is 10.2. The second-order valence-electron chi connectivity index (χ2n) is 3.89. The molecule has 0 spiro atoms. The smallest absolute Gasteiger partial charge is 0.297 e. The van der Waals surface area contributed by atoms with Crippen LogP contribution >= 0.6 is 11.6 Å². The van der Waals surface area contributed by atoms with Crippen LogP contribution in [0.1, 0.15) is 38.2 Å². The van der Waals surface area contributed by atoms with E-state index in [9.17, 15) is 9.59 Å². The second-order valence-corrected chi connectivity index (χ2v) is 4.26. The number of halogens is 1.